The van der Waals surface area contributed by atoms with Crippen LogP contribution in [0.4, 0.5) is 22.3 Å². The van der Waals surface area contributed by atoms with Crippen LogP contribution >= 0.6 is 22.7 Å². The minimum atomic E-state index is -0.434. The number of benzene rings is 2. The van der Waals surface area contributed by atoms with Crippen LogP contribution in [0.3, 0.4) is 0 Å². The summed E-state index contributed by atoms with van der Waals surface area (Å²) in [6.45, 7) is 0. The van der Waals surface area contributed by atoms with Crippen molar-refractivity contribution in [2.75, 3.05) is 32.4 Å². The Morgan fingerprint density at radius 1 is 1.03 bits per heavy atom. The Morgan fingerprint density at radius 3 is 2.27 bits per heavy atom. The Labute approximate surface area is 196 Å². The summed E-state index contributed by atoms with van der Waals surface area (Å²) in [7, 11) is 4.64. The van der Waals surface area contributed by atoms with E-state index in [1.54, 1.807) is 45.6 Å². The summed E-state index contributed by atoms with van der Waals surface area (Å²) in [6.07, 6.45) is 0. The van der Waals surface area contributed by atoms with Crippen LogP contribution in [0.15, 0.2) is 41.8 Å². The molecule has 12 heteroatoms. The molecule has 10 nitrogen and oxygen atoms in total. The lowest BCUT2D eigenvalue weighted by Gasteiger charge is -2.14. The van der Waals surface area contributed by atoms with E-state index in [9.17, 15) is 10.1 Å². The molecule has 0 spiro atoms. The number of nitrogens with two attached hydrogens (primary N) is 1. The van der Waals surface area contributed by atoms with Crippen LogP contribution in [0.5, 0.6) is 17.2 Å². The van der Waals surface area contributed by atoms with Crippen molar-refractivity contribution in [1.29, 1.82) is 0 Å². The zero-order valence-corrected chi connectivity index (χ0v) is 19.5. The highest BCUT2D eigenvalue weighted by Crippen LogP contribution is 2.43. The molecule has 0 radical (unpaired) electrons. The molecule has 0 bridgehead atoms. The third-order valence-corrected chi connectivity index (χ3v) is 6.62. The molecule has 0 aliphatic carbocycles. The van der Waals surface area contributed by atoms with Gasteiger partial charge in [0.05, 0.1) is 31.9 Å². The van der Waals surface area contributed by atoms with Gasteiger partial charge in [0.15, 0.2) is 16.6 Å². The maximum atomic E-state index is 10.9. The lowest BCUT2D eigenvalue weighted by molar-refractivity contribution is -0.384. The number of nitrogens with one attached hydrogen (secondary N) is 1. The summed E-state index contributed by atoms with van der Waals surface area (Å²) in [5.41, 5.74) is 8.37. The normalized spacial score (nSPS) is 10.6. The molecule has 3 N–H and O–H groups in total. The fourth-order valence-corrected chi connectivity index (χ4v) is 4.91. The van der Waals surface area contributed by atoms with E-state index in [4.69, 9.17) is 19.9 Å². The van der Waals surface area contributed by atoms with Gasteiger partial charge in [0, 0.05) is 40.9 Å². The molecule has 2 aromatic heterocycles. The third-order valence-electron chi connectivity index (χ3n) is 4.64. The van der Waals surface area contributed by atoms with Crippen LogP contribution in [0.2, 0.25) is 0 Å². The molecule has 2 aromatic carbocycles. The zero-order valence-electron chi connectivity index (χ0n) is 17.8. The molecule has 0 aliphatic rings. The quantitative estimate of drug-likeness (QED) is 0.255. The Bertz CT molecular complexity index is 1280. The van der Waals surface area contributed by atoms with Gasteiger partial charge in [-0.15, -0.1) is 11.3 Å². The van der Waals surface area contributed by atoms with Crippen molar-refractivity contribution in [3.63, 3.8) is 0 Å². The van der Waals surface area contributed by atoms with Crippen molar-refractivity contribution >= 4 is 45.0 Å². The Kier molecular flexibility index (Phi) is 6.29. The molecule has 0 unspecified atom stereocenters. The van der Waals surface area contributed by atoms with Crippen molar-refractivity contribution < 1.29 is 19.1 Å². The Hall–Kier alpha value is -3.90. The first-order valence-electron chi connectivity index (χ1n) is 9.47. The second kappa shape index (κ2) is 9.30. The van der Waals surface area contributed by atoms with Gasteiger partial charge in [0.25, 0.3) is 5.69 Å². The van der Waals surface area contributed by atoms with Gasteiger partial charge in [-0.2, -0.15) is 0 Å². The number of hydrogen-bond acceptors (Lipinski definition) is 11. The highest BCUT2D eigenvalue weighted by Gasteiger charge is 2.18. The van der Waals surface area contributed by atoms with Crippen LogP contribution in [0.25, 0.3) is 21.1 Å². The molecule has 0 saturated heterocycles. The number of nitro benzene ring substituents is 1. The first-order valence-corrected chi connectivity index (χ1v) is 11.2. The van der Waals surface area contributed by atoms with E-state index in [2.05, 4.69) is 15.3 Å². The number of non-ortho nitro benzene ring substituents is 1. The van der Waals surface area contributed by atoms with Gasteiger partial charge in [0.2, 0.25) is 5.75 Å². The minimum Gasteiger partial charge on any atom is -0.493 e. The van der Waals surface area contributed by atoms with Crippen molar-refractivity contribution in [3.05, 3.63) is 51.9 Å². The number of nitrogens with zero attached hydrogens (tertiary/aromatic N) is 3. The lowest BCUT2D eigenvalue weighted by atomic mass is 10.1. The molecular weight excluding hydrogens is 466 g/mol. The molecule has 0 saturated carbocycles. The summed E-state index contributed by atoms with van der Waals surface area (Å²) in [5.74, 6) is 1.86. The predicted octanol–water partition coefficient (Wildman–Crippen LogP) is 5.19. The van der Waals surface area contributed by atoms with E-state index in [0.717, 1.165) is 10.4 Å². The van der Waals surface area contributed by atoms with Gasteiger partial charge in [-0.3, -0.25) is 10.1 Å². The highest BCUT2D eigenvalue weighted by molar-refractivity contribution is 7.23. The fourth-order valence-electron chi connectivity index (χ4n) is 3.08. The molecule has 0 atom stereocenters. The summed E-state index contributed by atoms with van der Waals surface area (Å²) < 4.78 is 16.1. The van der Waals surface area contributed by atoms with Gasteiger partial charge < -0.3 is 25.3 Å². The molecule has 4 aromatic rings. The molecular formula is C21H19N5O5S2. The average Bonchev–Trinajstić information content (AvgIpc) is 3.45. The second-order valence-corrected chi connectivity index (χ2v) is 8.47. The van der Waals surface area contributed by atoms with Gasteiger partial charge >= 0.3 is 0 Å². The van der Waals surface area contributed by atoms with Crippen LogP contribution < -0.4 is 25.3 Å². The lowest BCUT2D eigenvalue weighted by Crippen LogP contribution is -1.97. The van der Waals surface area contributed by atoms with E-state index in [1.165, 1.54) is 34.8 Å². The topological polar surface area (TPSA) is 135 Å². The van der Waals surface area contributed by atoms with Crippen LogP contribution in [0.1, 0.15) is 0 Å². The maximum absolute atomic E-state index is 10.9. The average molecular weight is 486 g/mol. The second-order valence-electron chi connectivity index (χ2n) is 6.61. The van der Waals surface area contributed by atoms with Gasteiger partial charge in [0.1, 0.15) is 15.7 Å². The van der Waals surface area contributed by atoms with Crippen molar-refractivity contribution in [1.82, 2.24) is 9.97 Å². The first kappa shape index (κ1) is 22.3. The number of thiazole rings is 2. The summed E-state index contributed by atoms with van der Waals surface area (Å²) >= 11 is 2.78. The van der Waals surface area contributed by atoms with Gasteiger partial charge in [-0.25, -0.2) is 9.97 Å². The maximum Gasteiger partial charge on any atom is 0.269 e. The molecule has 4 rings (SSSR count). The number of nitro groups is 1. The minimum absolute atomic E-state index is 0.0309. The monoisotopic (exact) mass is 485 g/mol. The fraction of sp³-hybridized carbons (Fsp3) is 0.143. The number of anilines is 3. The van der Waals surface area contributed by atoms with Crippen LogP contribution in [0, 0.1) is 10.1 Å². The highest BCUT2D eigenvalue weighted by atomic mass is 32.1. The number of aromatic nitrogens is 2. The number of hydrogen-bond donors (Lipinski definition) is 2. The van der Waals surface area contributed by atoms with E-state index >= 15 is 0 Å². The molecule has 33 heavy (non-hydrogen) atoms. The summed E-state index contributed by atoms with van der Waals surface area (Å²) in [6, 6.07) is 9.79. The van der Waals surface area contributed by atoms with Crippen LogP contribution in [-0.2, 0) is 0 Å². The number of methoxy groups -OCH3 is 3. The predicted molar refractivity (Wildman–Crippen MR) is 129 cm³/mol. The van der Waals surface area contributed by atoms with Crippen molar-refractivity contribution in [3.8, 4) is 38.4 Å². The Morgan fingerprint density at radius 2 is 1.70 bits per heavy atom. The van der Waals surface area contributed by atoms with E-state index in [-0.39, 0.29) is 5.69 Å². The number of ether oxygens (including phenoxy) is 3. The molecule has 0 fully saturated rings. The first-order chi connectivity index (χ1) is 15.9. The van der Waals surface area contributed by atoms with E-state index in [1.807, 2.05) is 5.38 Å². The van der Waals surface area contributed by atoms with Gasteiger partial charge in [-0.1, -0.05) is 11.3 Å². The number of nitrogen functional groups attached to an aromatic ring is 1. The van der Waals surface area contributed by atoms with E-state index < -0.39 is 4.92 Å². The zero-order chi connectivity index (χ0) is 23.5. The van der Waals surface area contributed by atoms with E-state index in [0.29, 0.717) is 44.6 Å². The standard InChI is InChI=1S/C21H19N5O5S2/c1-29-15-8-12(9-16(30-2)17(15)31-3)23-21-25-19(22)18(33-21)20-24-14(10-32-20)11-4-6-13(7-5-11)26(27)28/h4-10H,22H2,1-3H3,(H,23,25). The molecule has 0 aliphatic heterocycles. The van der Waals surface area contributed by atoms with Crippen molar-refractivity contribution in [2.45, 2.75) is 0 Å². The third kappa shape index (κ3) is 4.52. The largest absolute Gasteiger partial charge is 0.493 e. The SMILES string of the molecule is COc1cc(Nc2nc(N)c(-c3nc(-c4ccc([N+](=O)[O-])cc4)cs3)s2)cc(OC)c1OC. The molecule has 0 amide bonds. The molecule has 2 heterocycles. The summed E-state index contributed by atoms with van der Waals surface area (Å²) in [5, 5.41) is 17.2. The smallest absolute Gasteiger partial charge is 0.269 e. The summed E-state index contributed by atoms with van der Waals surface area (Å²) in [4.78, 5) is 20.2. The number of rotatable bonds is 8. The molecule has 170 valence electrons. The van der Waals surface area contributed by atoms with Crippen molar-refractivity contribution in [2.24, 2.45) is 0 Å². The van der Waals surface area contributed by atoms with Crippen LogP contribution in [-0.4, -0.2) is 36.2 Å². The van der Waals surface area contributed by atoms with Gasteiger partial charge in [-0.05, 0) is 12.1 Å². The Balaban J connectivity index is 1.59.